The van der Waals surface area contributed by atoms with Crippen LogP contribution in [-0.2, 0) is 0 Å². The van der Waals surface area contributed by atoms with Gasteiger partial charge in [-0.2, -0.15) is 0 Å². The molecule has 1 aromatic heterocycles. The molecule has 0 bridgehead atoms. The number of aromatic nitrogens is 1. The quantitative estimate of drug-likeness (QED) is 0.579. The minimum atomic E-state index is -0.126. The van der Waals surface area contributed by atoms with Crippen LogP contribution in [0.25, 0.3) is 10.9 Å². The Hall–Kier alpha value is -2.41. The average Bonchev–Trinajstić information content (AvgIpc) is 2.81. The van der Waals surface area contributed by atoms with Gasteiger partial charge in [-0.3, -0.25) is 4.79 Å². The van der Waals surface area contributed by atoms with Crippen molar-refractivity contribution in [2.75, 3.05) is 5.73 Å². The van der Waals surface area contributed by atoms with Crippen molar-refractivity contribution >= 4 is 22.5 Å². The summed E-state index contributed by atoms with van der Waals surface area (Å²) in [7, 11) is 0. The third-order valence-corrected chi connectivity index (χ3v) is 3.14. The fraction of sp³-hybridized carbons (Fsp3) is 0.267. The largest absolute Gasteiger partial charge is 0.399 e. The van der Waals surface area contributed by atoms with Crippen molar-refractivity contribution in [2.45, 2.75) is 25.8 Å². The first-order chi connectivity index (χ1) is 9.15. The molecule has 1 heterocycles. The lowest BCUT2D eigenvalue weighted by Crippen LogP contribution is -2.33. The number of carbonyl (C=O) groups is 1. The molecule has 4 N–H and O–H groups in total. The number of nitrogens with one attached hydrogen (secondary N) is 2. The number of amides is 1. The normalized spacial score (nSPS) is 12.0. The maximum Gasteiger partial charge on any atom is 0.253 e. The number of aromatic amines is 1. The number of rotatable bonds is 4. The molecule has 0 fully saturated rings. The van der Waals surface area contributed by atoms with Gasteiger partial charge in [0.2, 0.25) is 0 Å². The van der Waals surface area contributed by atoms with Gasteiger partial charge < -0.3 is 16.0 Å². The first-order valence-corrected chi connectivity index (χ1v) is 6.26. The van der Waals surface area contributed by atoms with Crippen molar-refractivity contribution < 1.29 is 4.79 Å². The van der Waals surface area contributed by atoms with Crippen LogP contribution in [0.5, 0.6) is 0 Å². The summed E-state index contributed by atoms with van der Waals surface area (Å²) in [5.41, 5.74) is 7.88. The van der Waals surface area contributed by atoms with Gasteiger partial charge in [0, 0.05) is 35.2 Å². The van der Waals surface area contributed by atoms with Crippen LogP contribution in [0, 0.1) is 12.3 Å². The Balaban J connectivity index is 2.26. The van der Waals surface area contributed by atoms with E-state index >= 15 is 0 Å². The number of nitrogens with two attached hydrogens (primary N) is 1. The maximum atomic E-state index is 12.2. The Morgan fingerprint density at radius 2 is 2.37 bits per heavy atom. The number of anilines is 1. The molecule has 0 saturated heterocycles. The van der Waals surface area contributed by atoms with Crippen LogP contribution in [0.1, 0.15) is 30.1 Å². The molecule has 1 unspecified atom stereocenters. The molecule has 1 amide bonds. The summed E-state index contributed by atoms with van der Waals surface area (Å²) in [6.07, 6.45) is 8.32. The standard InChI is InChI=1S/C15H17N3O/c1-3-5-11(4-2)18-15(19)13-9-17-14-7-6-10(16)8-12(13)14/h1,6-9,11,17H,4-5,16H2,2H3,(H,18,19). The van der Waals surface area contributed by atoms with Gasteiger partial charge in [0.1, 0.15) is 0 Å². The van der Waals surface area contributed by atoms with Crippen LogP contribution in [0.2, 0.25) is 0 Å². The summed E-state index contributed by atoms with van der Waals surface area (Å²) in [5, 5.41) is 3.77. The fourth-order valence-corrected chi connectivity index (χ4v) is 2.03. The third kappa shape index (κ3) is 2.71. The van der Waals surface area contributed by atoms with Gasteiger partial charge in [0.15, 0.2) is 0 Å². The molecule has 19 heavy (non-hydrogen) atoms. The SMILES string of the molecule is C#CCC(CC)NC(=O)c1c[nH]c2ccc(N)cc12. The summed E-state index contributed by atoms with van der Waals surface area (Å²) in [4.78, 5) is 15.3. The van der Waals surface area contributed by atoms with E-state index in [1.807, 2.05) is 13.0 Å². The van der Waals surface area contributed by atoms with Gasteiger partial charge in [-0.1, -0.05) is 6.92 Å². The van der Waals surface area contributed by atoms with Gasteiger partial charge in [-0.25, -0.2) is 0 Å². The summed E-state index contributed by atoms with van der Waals surface area (Å²) in [6, 6.07) is 5.46. The lowest BCUT2D eigenvalue weighted by Gasteiger charge is -2.13. The Morgan fingerprint density at radius 3 is 3.05 bits per heavy atom. The summed E-state index contributed by atoms with van der Waals surface area (Å²) in [6.45, 7) is 2.00. The molecule has 0 radical (unpaired) electrons. The van der Waals surface area contributed by atoms with Crippen molar-refractivity contribution in [3.63, 3.8) is 0 Å². The number of fused-ring (bicyclic) bond motifs is 1. The van der Waals surface area contributed by atoms with Crippen LogP contribution >= 0.6 is 0 Å². The molecule has 0 aliphatic rings. The van der Waals surface area contributed by atoms with Crippen molar-refractivity contribution in [3.8, 4) is 12.3 Å². The van der Waals surface area contributed by atoms with Gasteiger partial charge in [-0.15, -0.1) is 12.3 Å². The van der Waals surface area contributed by atoms with Crippen molar-refractivity contribution in [1.29, 1.82) is 0 Å². The second-order valence-electron chi connectivity index (χ2n) is 4.49. The highest BCUT2D eigenvalue weighted by Gasteiger charge is 2.15. The van der Waals surface area contributed by atoms with E-state index in [1.165, 1.54) is 0 Å². The van der Waals surface area contributed by atoms with Gasteiger partial charge in [-0.05, 0) is 24.6 Å². The first kappa shape index (κ1) is 13.0. The molecule has 2 aromatic rings. The van der Waals surface area contributed by atoms with E-state index in [0.29, 0.717) is 17.7 Å². The smallest absolute Gasteiger partial charge is 0.253 e. The maximum absolute atomic E-state index is 12.2. The highest BCUT2D eigenvalue weighted by molar-refractivity contribution is 6.07. The average molecular weight is 255 g/mol. The van der Waals surface area contributed by atoms with E-state index < -0.39 is 0 Å². The summed E-state index contributed by atoms with van der Waals surface area (Å²) in [5.74, 6) is 2.45. The van der Waals surface area contributed by atoms with Crippen LogP contribution < -0.4 is 11.1 Å². The number of hydrogen-bond acceptors (Lipinski definition) is 2. The number of H-pyrrole nitrogens is 1. The molecule has 98 valence electrons. The molecule has 1 aromatic carbocycles. The van der Waals surface area contributed by atoms with E-state index in [1.54, 1.807) is 18.3 Å². The van der Waals surface area contributed by atoms with Crippen molar-refractivity contribution in [1.82, 2.24) is 10.3 Å². The molecule has 0 spiro atoms. The predicted octanol–water partition coefficient (Wildman–Crippen LogP) is 2.28. The Morgan fingerprint density at radius 1 is 1.58 bits per heavy atom. The number of benzene rings is 1. The molecule has 2 rings (SSSR count). The lowest BCUT2D eigenvalue weighted by molar-refractivity contribution is 0.0938. The highest BCUT2D eigenvalue weighted by atomic mass is 16.1. The van der Waals surface area contributed by atoms with E-state index in [4.69, 9.17) is 12.2 Å². The van der Waals surface area contributed by atoms with Crippen LogP contribution in [-0.4, -0.2) is 16.9 Å². The van der Waals surface area contributed by atoms with Crippen molar-refractivity contribution in [2.24, 2.45) is 0 Å². The van der Waals surface area contributed by atoms with Crippen molar-refractivity contribution in [3.05, 3.63) is 30.0 Å². The van der Waals surface area contributed by atoms with Crippen LogP contribution in [0.4, 0.5) is 5.69 Å². The Bertz CT molecular complexity index is 636. The zero-order valence-electron chi connectivity index (χ0n) is 10.9. The van der Waals surface area contributed by atoms with Gasteiger partial charge >= 0.3 is 0 Å². The zero-order valence-corrected chi connectivity index (χ0v) is 10.9. The summed E-state index contributed by atoms with van der Waals surface area (Å²) >= 11 is 0. The molecule has 4 heteroatoms. The first-order valence-electron chi connectivity index (χ1n) is 6.26. The minimum Gasteiger partial charge on any atom is -0.399 e. The van der Waals surface area contributed by atoms with E-state index in [-0.39, 0.29) is 11.9 Å². The summed E-state index contributed by atoms with van der Waals surface area (Å²) < 4.78 is 0. The Kier molecular flexibility index (Phi) is 3.76. The molecule has 4 nitrogen and oxygen atoms in total. The zero-order chi connectivity index (χ0) is 13.8. The third-order valence-electron chi connectivity index (χ3n) is 3.14. The number of nitrogen functional groups attached to an aromatic ring is 1. The van der Waals surface area contributed by atoms with E-state index in [9.17, 15) is 4.79 Å². The molecule has 0 aliphatic carbocycles. The second kappa shape index (κ2) is 5.49. The Labute approximate surface area is 112 Å². The minimum absolute atomic E-state index is 0.00325. The topological polar surface area (TPSA) is 70.9 Å². The van der Waals surface area contributed by atoms with E-state index in [2.05, 4.69) is 16.2 Å². The van der Waals surface area contributed by atoms with Crippen LogP contribution in [0.3, 0.4) is 0 Å². The van der Waals surface area contributed by atoms with E-state index in [0.717, 1.165) is 17.3 Å². The van der Waals surface area contributed by atoms with Crippen LogP contribution in [0.15, 0.2) is 24.4 Å². The molecule has 1 atom stereocenters. The van der Waals surface area contributed by atoms with Gasteiger partial charge in [0.05, 0.1) is 5.56 Å². The molecular weight excluding hydrogens is 238 g/mol. The number of terminal acetylenes is 1. The fourth-order valence-electron chi connectivity index (χ4n) is 2.03. The predicted molar refractivity (Wildman–Crippen MR) is 77.7 cm³/mol. The molecule has 0 saturated carbocycles. The number of hydrogen-bond donors (Lipinski definition) is 3. The highest BCUT2D eigenvalue weighted by Crippen LogP contribution is 2.21. The molecule has 0 aliphatic heterocycles. The number of carbonyl (C=O) groups excluding carboxylic acids is 1. The second-order valence-corrected chi connectivity index (χ2v) is 4.49. The lowest BCUT2D eigenvalue weighted by atomic mass is 10.1. The monoisotopic (exact) mass is 255 g/mol. The molecular formula is C15H17N3O. The van der Waals surface area contributed by atoms with Gasteiger partial charge in [0.25, 0.3) is 5.91 Å².